The number of hydrogen-bond donors (Lipinski definition) is 1. The minimum Gasteiger partial charge on any atom is -0.378 e. The molecule has 27 heavy (non-hydrogen) atoms. The van der Waals surface area contributed by atoms with Gasteiger partial charge in [0.05, 0.1) is 19.3 Å². The molecule has 4 rings (SSSR count). The number of rotatable bonds is 2. The molecule has 2 aliphatic heterocycles. The average molecular weight is 387 g/mol. The molecule has 1 fully saturated rings. The summed E-state index contributed by atoms with van der Waals surface area (Å²) in [6.07, 6.45) is 0.783. The quantitative estimate of drug-likeness (QED) is 0.859. The van der Waals surface area contributed by atoms with E-state index in [0.717, 1.165) is 35.9 Å². The third-order valence-electron chi connectivity index (χ3n) is 5.11. The van der Waals surface area contributed by atoms with Crippen molar-refractivity contribution in [3.05, 3.63) is 57.1 Å². The molecule has 1 amide bonds. The molecule has 0 unspecified atom stereocenters. The largest absolute Gasteiger partial charge is 0.378 e. The number of nitrogens with zero attached hydrogens (tertiary/aromatic N) is 3. The summed E-state index contributed by atoms with van der Waals surface area (Å²) in [4.78, 5) is 23.5. The number of benzene rings is 1. The van der Waals surface area contributed by atoms with E-state index in [9.17, 15) is 4.79 Å². The van der Waals surface area contributed by atoms with Gasteiger partial charge in [-0.15, -0.1) is 0 Å². The Balaban J connectivity index is 1.64. The molecule has 0 bridgehead atoms. The van der Waals surface area contributed by atoms with E-state index in [2.05, 4.69) is 15.3 Å². The maximum atomic E-state index is 13.0. The van der Waals surface area contributed by atoms with Crippen molar-refractivity contribution in [2.75, 3.05) is 26.3 Å². The highest BCUT2D eigenvalue weighted by atomic mass is 35.5. The van der Waals surface area contributed by atoms with Gasteiger partial charge in [0, 0.05) is 30.4 Å². The molecule has 0 aliphatic carbocycles. The maximum absolute atomic E-state index is 13.0. The summed E-state index contributed by atoms with van der Waals surface area (Å²) in [6.45, 7) is 7.05. The van der Waals surface area contributed by atoms with Crippen LogP contribution in [-0.2, 0) is 17.7 Å². The molecule has 1 atom stereocenters. The number of morpholine rings is 1. The van der Waals surface area contributed by atoms with E-state index in [1.165, 1.54) is 11.1 Å². The number of aryl methyl sites for hydroxylation is 2. The third kappa shape index (κ3) is 3.83. The first-order valence-electron chi connectivity index (χ1n) is 9.25. The molecular weight excluding hydrogens is 364 g/mol. The van der Waals surface area contributed by atoms with Crippen LogP contribution < -0.4 is 5.32 Å². The number of halogens is 1. The van der Waals surface area contributed by atoms with E-state index in [1.807, 2.05) is 30.9 Å². The van der Waals surface area contributed by atoms with Gasteiger partial charge >= 0.3 is 0 Å². The number of ether oxygens (including phenoxy) is 1. The number of amides is 1. The number of carbonyl (C=O) groups is 1. The Hall–Kier alpha value is -2.02. The van der Waals surface area contributed by atoms with Crippen molar-refractivity contribution in [3.63, 3.8) is 0 Å². The van der Waals surface area contributed by atoms with Crippen LogP contribution in [0.3, 0.4) is 0 Å². The van der Waals surface area contributed by atoms with Crippen LogP contribution in [0.2, 0.25) is 5.02 Å². The van der Waals surface area contributed by atoms with E-state index in [1.54, 1.807) is 6.07 Å². The van der Waals surface area contributed by atoms with E-state index < -0.39 is 0 Å². The zero-order valence-electron chi connectivity index (χ0n) is 15.6. The Morgan fingerprint density at radius 1 is 1.30 bits per heavy atom. The van der Waals surface area contributed by atoms with Gasteiger partial charge < -0.3 is 15.0 Å². The lowest BCUT2D eigenvalue weighted by molar-refractivity contribution is 0.0710. The van der Waals surface area contributed by atoms with Gasteiger partial charge in [-0.25, -0.2) is 9.97 Å². The highest BCUT2D eigenvalue weighted by molar-refractivity contribution is 6.30. The minimum absolute atomic E-state index is 0.0528. The predicted molar refractivity (Wildman–Crippen MR) is 103 cm³/mol. The molecule has 0 spiro atoms. The van der Waals surface area contributed by atoms with Crippen LogP contribution in [0.4, 0.5) is 0 Å². The molecule has 1 aromatic heterocycles. The van der Waals surface area contributed by atoms with Crippen LogP contribution in [0.25, 0.3) is 0 Å². The molecule has 2 aromatic rings. The lowest BCUT2D eigenvalue weighted by atomic mass is 9.91. The summed E-state index contributed by atoms with van der Waals surface area (Å²) in [7, 11) is 0. The van der Waals surface area contributed by atoms with Gasteiger partial charge in [0.15, 0.2) is 0 Å². The highest BCUT2D eigenvalue weighted by Crippen LogP contribution is 2.31. The van der Waals surface area contributed by atoms with Gasteiger partial charge in [-0.2, -0.15) is 0 Å². The Bertz CT molecular complexity index is 860. The van der Waals surface area contributed by atoms with E-state index in [0.29, 0.717) is 31.2 Å². The molecule has 0 saturated carbocycles. The topological polar surface area (TPSA) is 67.3 Å². The van der Waals surface area contributed by atoms with Crippen LogP contribution >= 0.6 is 11.6 Å². The molecule has 1 saturated heterocycles. The summed E-state index contributed by atoms with van der Waals surface area (Å²) in [5.41, 5.74) is 4.77. The van der Waals surface area contributed by atoms with Crippen molar-refractivity contribution in [1.29, 1.82) is 0 Å². The lowest BCUT2D eigenvalue weighted by Gasteiger charge is -2.33. The summed E-state index contributed by atoms with van der Waals surface area (Å²) < 4.78 is 5.63. The summed E-state index contributed by atoms with van der Waals surface area (Å²) >= 11 is 6.36. The highest BCUT2D eigenvalue weighted by Gasteiger charge is 2.28. The second kappa shape index (κ2) is 7.54. The van der Waals surface area contributed by atoms with Crippen molar-refractivity contribution in [3.8, 4) is 0 Å². The van der Waals surface area contributed by atoms with E-state index in [4.69, 9.17) is 16.3 Å². The van der Waals surface area contributed by atoms with Crippen LogP contribution in [0.1, 0.15) is 44.7 Å². The molecule has 7 heteroatoms. The second-order valence-electron chi connectivity index (χ2n) is 7.13. The fourth-order valence-electron chi connectivity index (χ4n) is 3.90. The zero-order valence-corrected chi connectivity index (χ0v) is 16.3. The number of nitrogens with one attached hydrogen (secondary N) is 1. The fraction of sp³-hybridized carbons (Fsp3) is 0.450. The van der Waals surface area contributed by atoms with Crippen molar-refractivity contribution in [2.45, 2.75) is 32.9 Å². The molecule has 1 N–H and O–H groups in total. The molecule has 0 radical (unpaired) electrons. The molecule has 142 valence electrons. The number of hydrogen-bond acceptors (Lipinski definition) is 5. The Kier molecular flexibility index (Phi) is 5.12. The molecule has 6 nitrogen and oxygen atoms in total. The van der Waals surface area contributed by atoms with Crippen LogP contribution in [-0.4, -0.2) is 47.1 Å². The van der Waals surface area contributed by atoms with Crippen LogP contribution in [0.5, 0.6) is 0 Å². The molecular formula is C20H23ClN4O2. The van der Waals surface area contributed by atoms with Gasteiger partial charge in [-0.05, 0) is 55.2 Å². The lowest BCUT2D eigenvalue weighted by Crippen LogP contribution is -2.39. The smallest absolute Gasteiger partial charge is 0.272 e. The summed E-state index contributed by atoms with van der Waals surface area (Å²) in [5.74, 6) is 0.565. The van der Waals surface area contributed by atoms with Crippen molar-refractivity contribution >= 4 is 17.5 Å². The zero-order chi connectivity index (χ0) is 19.0. The first-order valence-corrected chi connectivity index (χ1v) is 9.63. The Labute approximate surface area is 163 Å². The molecule has 3 heterocycles. The normalized spacial score (nSPS) is 19.7. The third-order valence-corrected chi connectivity index (χ3v) is 5.33. The minimum atomic E-state index is -0.0528. The predicted octanol–water partition coefficient (Wildman–Crippen LogP) is 2.61. The van der Waals surface area contributed by atoms with Crippen molar-refractivity contribution < 1.29 is 9.53 Å². The van der Waals surface area contributed by atoms with E-state index in [-0.39, 0.29) is 11.9 Å². The monoisotopic (exact) mass is 386 g/mol. The van der Waals surface area contributed by atoms with Crippen LogP contribution in [0, 0.1) is 13.8 Å². The van der Waals surface area contributed by atoms with Crippen molar-refractivity contribution in [2.24, 2.45) is 0 Å². The summed E-state index contributed by atoms with van der Waals surface area (Å²) in [6, 6.07) is 5.87. The van der Waals surface area contributed by atoms with E-state index >= 15 is 0 Å². The number of carbonyl (C=O) groups excluding carboxylic acids is 1. The molecule has 2 aliphatic rings. The average Bonchev–Trinajstić information content (AvgIpc) is 2.66. The Morgan fingerprint density at radius 2 is 2.15 bits per heavy atom. The first kappa shape index (κ1) is 18.3. The first-order chi connectivity index (χ1) is 13.0. The van der Waals surface area contributed by atoms with Gasteiger partial charge in [0.1, 0.15) is 11.5 Å². The second-order valence-corrected chi connectivity index (χ2v) is 7.57. The summed E-state index contributed by atoms with van der Waals surface area (Å²) in [5, 5.41) is 4.23. The van der Waals surface area contributed by atoms with Crippen LogP contribution in [0.15, 0.2) is 18.2 Å². The molecule has 1 aromatic carbocycles. The SMILES string of the molecule is Cc1cc(C(=O)N2CCc3cc(Cl)cc([C@@H]4COCCN4)c3C2)nc(C)n1. The number of aromatic nitrogens is 2. The van der Waals surface area contributed by atoms with Gasteiger partial charge in [0.2, 0.25) is 0 Å². The van der Waals surface area contributed by atoms with Crippen molar-refractivity contribution in [1.82, 2.24) is 20.2 Å². The fourth-order valence-corrected chi connectivity index (χ4v) is 4.14. The standard InChI is InChI=1S/C20H23ClN4O2/c1-12-7-18(24-13(2)23-12)20(26)25-5-3-14-8-15(21)9-16(17(14)10-25)19-11-27-6-4-22-19/h7-9,19,22H,3-6,10-11H2,1-2H3/t19-/m0/s1. The van der Waals surface area contributed by atoms with Gasteiger partial charge in [0.25, 0.3) is 5.91 Å². The Morgan fingerprint density at radius 3 is 2.89 bits per heavy atom. The number of fused-ring (bicyclic) bond motifs is 1. The maximum Gasteiger partial charge on any atom is 0.272 e. The van der Waals surface area contributed by atoms with Gasteiger partial charge in [-0.3, -0.25) is 4.79 Å². The van der Waals surface area contributed by atoms with Gasteiger partial charge in [-0.1, -0.05) is 11.6 Å².